The van der Waals surface area contributed by atoms with E-state index >= 15 is 0 Å². The summed E-state index contributed by atoms with van der Waals surface area (Å²) in [6.07, 6.45) is 3.23. The van der Waals surface area contributed by atoms with Crippen LogP contribution in [0.15, 0.2) is 72.4 Å². The number of esters is 1. The average Bonchev–Trinajstić information content (AvgIpc) is 3.32. The largest absolute Gasteiger partial charge is 0.493 e. The molecule has 0 N–H and O–H groups in total. The molecule has 0 unspecified atom stereocenters. The van der Waals surface area contributed by atoms with E-state index in [1.54, 1.807) is 63.0 Å². The van der Waals surface area contributed by atoms with Gasteiger partial charge in [-0.1, -0.05) is 12.1 Å². The van der Waals surface area contributed by atoms with Gasteiger partial charge in [-0.2, -0.15) is 0 Å². The zero-order valence-electron chi connectivity index (χ0n) is 17.5. The first-order valence-electron chi connectivity index (χ1n) is 9.68. The van der Waals surface area contributed by atoms with Gasteiger partial charge in [0.2, 0.25) is 0 Å². The Labute approximate surface area is 189 Å². The highest BCUT2D eigenvalue weighted by Gasteiger charge is 2.16. The maximum Gasteiger partial charge on any atom is 0.342 e. The summed E-state index contributed by atoms with van der Waals surface area (Å²) in [7, 11) is 3.18. The number of carbonyl (C=O) groups is 1. The Balaban J connectivity index is 1.44. The number of nitrogens with zero attached hydrogens (tertiary/aromatic N) is 2. The van der Waals surface area contributed by atoms with Crippen LogP contribution in [0.4, 0.5) is 0 Å². The smallest absolute Gasteiger partial charge is 0.342 e. The molecule has 8 heteroatoms. The molecule has 4 aromatic rings. The summed E-state index contributed by atoms with van der Waals surface area (Å²) in [5.41, 5.74) is 1.87. The first-order valence-corrected chi connectivity index (χ1v) is 10.6. The average molecular weight is 449 g/mol. The van der Waals surface area contributed by atoms with Gasteiger partial charge in [0.05, 0.1) is 26.1 Å². The summed E-state index contributed by atoms with van der Waals surface area (Å²) >= 11 is 1.46. The van der Waals surface area contributed by atoms with Crippen LogP contribution in [0, 0.1) is 0 Å². The standard InChI is InChI=1S/C24H20N2O5S/c1-28-21-10-9-16(12-22(21)29-2)23-26-17(15-32-23)14-30-24(27)19-7-3-4-8-20(19)31-18-6-5-11-25-13-18/h3-13,15H,14H2,1-2H3. The first-order chi connectivity index (χ1) is 15.7. The van der Waals surface area contributed by atoms with E-state index in [4.69, 9.17) is 18.9 Å². The van der Waals surface area contributed by atoms with Crippen LogP contribution in [0.1, 0.15) is 16.1 Å². The normalized spacial score (nSPS) is 10.4. The highest BCUT2D eigenvalue weighted by Crippen LogP contribution is 2.33. The van der Waals surface area contributed by atoms with Crippen molar-refractivity contribution in [3.8, 4) is 33.6 Å². The second-order valence-corrected chi connectivity index (χ2v) is 7.43. The minimum absolute atomic E-state index is 0.0455. The molecule has 0 spiro atoms. The molecule has 0 saturated carbocycles. The monoisotopic (exact) mass is 448 g/mol. The van der Waals surface area contributed by atoms with Crippen LogP contribution in [0.25, 0.3) is 10.6 Å². The van der Waals surface area contributed by atoms with Crippen molar-refractivity contribution >= 4 is 17.3 Å². The van der Waals surface area contributed by atoms with Crippen molar-refractivity contribution in [2.75, 3.05) is 14.2 Å². The Morgan fingerprint density at radius 2 is 1.81 bits per heavy atom. The number of carbonyl (C=O) groups excluding carboxylic acids is 1. The van der Waals surface area contributed by atoms with Crippen LogP contribution in [0.3, 0.4) is 0 Å². The number of pyridine rings is 1. The van der Waals surface area contributed by atoms with Crippen LogP contribution in [-0.2, 0) is 11.3 Å². The van der Waals surface area contributed by atoms with Crippen LogP contribution >= 0.6 is 11.3 Å². The van der Waals surface area contributed by atoms with E-state index in [1.807, 2.05) is 23.6 Å². The number of rotatable bonds is 8. The number of aromatic nitrogens is 2. The maximum atomic E-state index is 12.7. The molecule has 162 valence electrons. The summed E-state index contributed by atoms with van der Waals surface area (Å²) < 4.78 is 21.9. The molecule has 0 aliphatic carbocycles. The second kappa shape index (κ2) is 9.93. The lowest BCUT2D eigenvalue weighted by Crippen LogP contribution is -2.07. The summed E-state index contributed by atoms with van der Waals surface area (Å²) in [5, 5.41) is 2.65. The number of hydrogen-bond donors (Lipinski definition) is 0. The maximum absolute atomic E-state index is 12.7. The molecule has 0 amide bonds. The molecular formula is C24H20N2O5S. The summed E-state index contributed by atoms with van der Waals surface area (Å²) in [4.78, 5) is 21.3. The van der Waals surface area contributed by atoms with Gasteiger partial charge in [-0.25, -0.2) is 9.78 Å². The fourth-order valence-corrected chi connectivity index (χ4v) is 3.75. The van der Waals surface area contributed by atoms with Crippen molar-refractivity contribution in [1.29, 1.82) is 0 Å². The highest BCUT2D eigenvalue weighted by molar-refractivity contribution is 7.13. The van der Waals surface area contributed by atoms with Gasteiger partial charge in [0.1, 0.15) is 28.7 Å². The molecule has 32 heavy (non-hydrogen) atoms. The zero-order valence-corrected chi connectivity index (χ0v) is 18.3. The van der Waals surface area contributed by atoms with Gasteiger partial charge < -0.3 is 18.9 Å². The van der Waals surface area contributed by atoms with E-state index in [0.717, 1.165) is 10.6 Å². The van der Waals surface area contributed by atoms with Gasteiger partial charge in [0.25, 0.3) is 0 Å². The Bertz CT molecular complexity index is 1210. The molecule has 0 bridgehead atoms. The number of para-hydroxylation sites is 1. The van der Waals surface area contributed by atoms with Crippen LogP contribution in [-0.4, -0.2) is 30.2 Å². The molecule has 2 heterocycles. The Morgan fingerprint density at radius 3 is 2.59 bits per heavy atom. The van der Waals surface area contributed by atoms with Gasteiger partial charge in [0, 0.05) is 17.1 Å². The lowest BCUT2D eigenvalue weighted by atomic mass is 10.2. The predicted octanol–water partition coefficient (Wildman–Crippen LogP) is 5.37. The number of ether oxygens (including phenoxy) is 4. The summed E-state index contributed by atoms with van der Waals surface area (Å²) in [6, 6.07) is 16.0. The molecule has 0 fully saturated rings. The molecule has 7 nitrogen and oxygen atoms in total. The quantitative estimate of drug-likeness (QED) is 0.335. The SMILES string of the molecule is COc1ccc(-c2nc(COC(=O)c3ccccc3Oc3cccnc3)cs2)cc1OC. The van der Waals surface area contributed by atoms with E-state index < -0.39 is 5.97 Å². The lowest BCUT2D eigenvalue weighted by Gasteiger charge is -2.10. The highest BCUT2D eigenvalue weighted by atomic mass is 32.1. The minimum atomic E-state index is -0.495. The number of thiazole rings is 1. The third-order valence-corrected chi connectivity index (χ3v) is 5.44. The topological polar surface area (TPSA) is 79.8 Å². The first kappa shape index (κ1) is 21.3. The minimum Gasteiger partial charge on any atom is -0.493 e. The van der Waals surface area contributed by atoms with Gasteiger partial charge in [-0.05, 0) is 42.5 Å². The molecule has 4 rings (SSSR count). The molecule has 0 aliphatic heterocycles. The predicted molar refractivity (Wildman–Crippen MR) is 121 cm³/mol. The molecule has 2 aromatic heterocycles. The lowest BCUT2D eigenvalue weighted by molar-refractivity contribution is 0.0465. The molecule has 0 aliphatic rings. The third-order valence-electron chi connectivity index (χ3n) is 4.50. The van der Waals surface area contributed by atoms with E-state index in [2.05, 4.69) is 9.97 Å². The second-order valence-electron chi connectivity index (χ2n) is 6.58. The number of methoxy groups -OCH3 is 2. The molecule has 0 atom stereocenters. The van der Waals surface area contributed by atoms with Crippen molar-refractivity contribution in [2.24, 2.45) is 0 Å². The molecule has 0 radical (unpaired) electrons. The Morgan fingerprint density at radius 1 is 0.969 bits per heavy atom. The Kier molecular flexibility index (Phi) is 6.62. The van der Waals surface area contributed by atoms with E-state index in [0.29, 0.717) is 34.3 Å². The van der Waals surface area contributed by atoms with Crippen molar-refractivity contribution in [3.63, 3.8) is 0 Å². The molecular weight excluding hydrogens is 428 g/mol. The fourth-order valence-electron chi connectivity index (χ4n) is 2.95. The van der Waals surface area contributed by atoms with Gasteiger partial charge >= 0.3 is 5.97 Å². The third kappa shape index (κ3) is 4.87. The number of hydrogen-bond acceptors (Lipinski definition) is 8. The van der Waals surface area contributed by atoms with Crippen molar-refractivity contribution in [2.45, 2.75) is 6.61 Å². The van der Waals surface area contributed by atoms with Gasteiger partial charge in [0.15, 0.2) is 11.5 Å². The van der Waals surface area contributed by atoms with Gasteiger partial charge in [-0.15, -0.1) is 11.3 Å². The van der Waals surface area contributed by atoms with Crippen molar-refractivity contribution in [3.05, 3.63) is 83.6 Å². The van der Waals surface area contributed by atoms with E-state index in [1.165, 1.54) is 11.3 Å². The van der Waals surface area contributed by atoms with E-state index in [-0.39, 0.29) is 6.61 Å². The van der Waals surface area contributed by atoms with Crippen molar-refractivity contribution < 1.29 is 23.7 Å². The van der Waals surface area contributed by atoms with Crippen LogP contribution in [0.5, 0.6) is 23.0 Å². The zero-order chi connectivity index (χ0) is 22.3. The van der Waals surface area contributed by atoms with E-state index in [9.17, 15) is 4.79 Å². The number of benzene rings is 2. The summed E-state index contributed by atoms with van der Waals surface area (Å²) in [6.45, 7) is 0.0455. The van der Waals surface area contributed by atoms with Crippen LogP contribution in [0.2, 0.25) is 0 Å². The summed E-state index contributed by atoms with van der Waals surface area (Å²) in [5.74, 6) is 1.71. The Hall–Kier alpha value is -3.91. The fraction of sp³-hybridized carbons (Fsp3) is 0.125. The van der Waals surface area contributed by atoms with Crippen LogP contribution < -0.4 is 14.2 Å². The van der Waals surface area contributed by atoms with Gasteiger partial charge in [-0.3, -0.25) is 4.98 Å². The van der Waals surface area contributed by atoms with Crippen molar-refractivity contribution in [1.82, 2.24) is 9.97 Å². The molecule has 2 aromatic carbocycles. The molecule has 0 saturated heterocycles.